The zero-order valence-electron chi connectivity index (χ0n) is 16.9. The molecule has 4 rings (SSSR count). The molecule has 1 atom stereocenters. The van der Waals surface area contributed by atoms with Crippen LogP contribution >= 0.6 is 11.8 Å². The van der Waals surface area contributed by atoms with Crippen molar-refractivity contribution in [1.82, 2.24) is 14.5 Å². The number of benzene rings is 2. The highest BCUT2D eigenvalue weighted by Crippen LogP contribution is 2.24. The molecule has 0 radical (unpaired) electrons. The van der Waals surface area contributed by atoms with Gasteiger partial charge in [-0.3, -0.25) is 14.2 Å². The molecule has 3 aromatic rings. The minimum atomic E-state index is -0.374. The second-order valence-corrected chi connectivity index (χ2v) is 8.40. The van der Waals surface area contributed by atoms with E-state index in [-0.39, 0.29) is 29.1 Å². The maximum Gasteiger partial charge on any atom is 0.266 e. The van der Waals surface area contributed by atoms with E-state index in [0.717, 1.165) is 32.2 Å². The van der Waals surface area contributed by atoms with Gasteiger partial charge >= 0.3 is 0 Å². The molecule has 0 saturated carbocycles. The molecule has 0 bridgehead atoms. The zero-order chi connectivity index (χ0) is 21.1. The molecule has 2 heterocycles. The van der Waals surface area contributed by atoms with Gasteiger partial charge in [-0.1, -0.05) is 30.8 Å². The molecule has 1 fully saturated rings. The summed E-state index contributed by atoms with van der Waals surface area (Å²) in [6.45, 7) is 2.90. The Labute approximate surface area is 178 Å². The summed E-state index contributed by atoms with van der Waals surface area (Å²) in [5.74, 6) is -0.0945. The van der Waals surface area contributed by atoms with E-state index in [1.165, 1.54) is 28.5 Å². The molecule has 2 aromatic carbocycles. The molecule has 1 aliphatic heterocycles. The first-order valence-corrected chi connectivity index (χ1v) is 11.3. The number of carbonyl (C=O) groups excluding carboxylic acids is 1. The number of likely N-dealkylation sites (tertiary alicyclic amines) is 1. The van der Waals surface area contributed by atoms with Crippen molar-refractivity contribution in [3.8, 4) is 5.69 Å². The number of fused-ring (bicyclic) bond motifs is 1. The second-order valence-electron chi connectivity index (χ2n) is 7.46. The van der Waals surface area contributed by atoms with Gasteiger partial charge in [0.15, 0.2) is 5.16 Å². The van der Waals surface area contributed by atoms with Crippen molar-refractivity contribution in [1.29, 1.82) is 0 Å². The smallest absolute Gasteiger partial charge is 0.266 e. The van der Waals surface area contributed by atoms with Crippen LogP contribution in [0.1, 0.15) is 32.6 Å². The Kier molecular flexibility index (Phi) is 6.18. The number of amides is 1. The average Bonchev–Trinajstić information content (AvgIpc) is 2.78. The lowest BCUT2D eigenvalue weighted by molar-refractivity contribution is -0.132. The lowest BCUT2D eigenvalue weighted by atomic mass is 10.0. The van der Waals surface area contributed by atoms with Gasteiger partial charge in [-0.05, 0) is 62.1 Å². The number of thioether (sulfide) groups is 1. The van der Waals surface area contributed by atoms with Gasteiger partial charge in [-0.25, -0.2) is 9.37 Å². The van der Waals surface area contributed by atoms with Crippen molar-refractivity contribution in [3.05, 3.63) is 64.7 Å². The summed E-state index contributed by atoms with van der Waals surface area (Å²) >= 11 is 1.26. The Morgan fingerprint density at radius 3 is 2.70 bits per heavy atom. The maximum atomic E-state index is 13.4. The van der Waals surface area contributed by atoms with Gasteiger partial charge in [-0.15, -0.1) is 0 Å². The molecule has 156 valence electrons. The van der Waals surface area contributed by atoms with Crippen molar-refractivity contribution in [2.24, 2.45) is 0 Å². The summed E-state index contributed by atoms with van der Waals surface area (Å²) in [4.78, 5) is 32.7. The number of carbonyl (C=O) groups is 1. The molecule has 0 spiro atoms. The fraction of sp³-hybridized carbons (Fsp3) is 0.348. The molecule has 7 heteroatoms. The first-order chi connectivity index (χ1) is 14.6. The topological polar surface area (TPSA) is 55.2 Å². The van der Waals surface area contributed by atoms with E-state index in [1.54, 1.807) is 30.3 Å². The third-order valence-corrected chi connectivity index (χ3v) is 6.50. The van der Waals surface area contributed by atoms with Gasteiger partial charge in [-0.2, -0.15) is 0 Å². The Balaban J connectivity index is 1.69. The molecule has 1 unspecified atom stereocenters. The molecule has 1 aromatic heterocycles. The van der Waals surface area contributed by atoms with Gasteiger partial charge in [0.1, 0.15) is 5.82 Å². The lowest BCUT2D eigenvalue weighted by Gasteiger charge is -2.35. The Bertz CT molecular complexity index is 1110. The number of piperidine rings is 1. The number of aromatic nitrogens is 2. The molecule has 0 aliphatic carbocycles. The van der Waals surface area contributed by atoms with Crippen LogP contribution in [0.5, 0.6) is 0 Å². The predicted molar refractivity (Wildman–Crippen MR) is 118 cm³/mol. The van der Waals surface area contributed by atoms with E-state index < -0.39 is 0 Å². The van der Waals surface area contributed by atoms with Crippen LogP contribution in [0.3, 0.4) is 0 Å². The van der Waals surface area contributed by atoms with Crippen LogP contribution < -0.4 is 5.56 Å². The van der Waals surface area contributed by atoms with Gasteiger partial charge in [0.2, 0.25) is 5.91 Å². The molecule has 1 aliphatic rings. The summed E-state index contributed by atoms with van der Waals surface area (Å²) in [6, 6.07) is 13.2. The van der Waals surface area contributed by atoms with Crippen molar-refractivity contribution >= 4 is 28.6 Å². The number of para-hydroxylation sites is 1. The molecule has 0 N–H and O–H groups in total. The third-order valence-electron chi connectivity index (χ3n) is 5.57. The van der Waals surface area contributed by atoms with E-state index in [2.05, 4.69) is 11.9 Å². The molecule has 1 amide bonds. The van der Waals surface area contributed by atoms with Crippen LogP contribution in [0, 0.1) is 5.82 Å². The first-order valence-electron chi connectivity index (χ1n) is 10.3. The van der Waals surface area contributed by atoms with Crippen LogP contribution in [-0.2, 0) is 4.79 Å². The highest BCUT2D eigenvalue weighted by Gasteiger charge is 2.25. The standard InChI is InChI=1S/C23H24FN3O2S/c1-2-17-7-5-6-14-26(17)21(28)15-30-23-25-20-9-4-3-8-19(20)22(29)27(23)18-12-10-16(24)11-13-18/h3-4,8-13,17H,2,5-7,14-15H2,1H3. The van der Waals surface area contributed by atoms with Crippen LogP contribution in [0.15, 0.2) is 58.5 Å². The monoisotopic (exact) mass is 425 g/mol. The molecule has 5 nitrogen and oxygen atoms in total. The van der Waals surface area contributed by atoms with Gasteiger partial charge in [0.25, 0.3) is 5.56 Å². The van der Waals surface area contributed by atoms with Crippen LogP contribution in [0.25, 0.3) is 16.6 Å². The third kappa shape index (κ3) is 4.12. The summed E-state index contributed by atoms with van der Waals surface area (Å²) in [5, 5.41) is 0.920. The minimum absolute atomic E-state index is 0.0691. The van der Waals surface area contributed by atoms with E-state index in [1.807, 2.05) is 11.0 Å². The Morgan fingerprint density at radius 2 is 1.93 bits per heavy atom. The Morgan fingerprint density at radius 1 is 1.17 bits per heavy atom. The fourth-order valence-electron chi connectivity index (χ4n) is 3.99. The van der Waals surface area contributed by atoms with Crippen LogP contribution in [-0.4, -0.2) is 38.7 Å². The highest BCUT2D eigenvalue weighted by atomic mass is 32.2. The summed E-state index contributed by atoms with van der Waals surface area (Å²) < 4.78 is 14.9. The zero-order valence-corrected chi connectivity index (χ0v) is 17.7. The van der Waals surface area contributed by atoms with Crippen molar-refractivity contribution in [2.45, 2.75) is 43.8 Å². The number of hydrogen-bond donors (Lipinski definition) is 0. The maximum absolute atomic E-state index is 13.4. The van der Waals surface area contributed by atoms with Gasteiger partial charge < -0.3 is 4.90 Å². The summed E-state index contributed by atoms with van der Waals surface area (Å²) in [7, 11) is 0. The largest absolute Gasteiger partial charge is 0.339 e. The lowest BCUT2D eigenvalue weighted by Crippen LogP contribution is -2.44. The second kappa shape index (κ2) is 9.00. The number of rotatable bonds is 5. The van der Waals surface area contributed by atoms with Crippen molar-refractivity contribution < 1.29 is 9.18 Å². The SMILES string of the molecule is CCC1CCCCN1C(=O)CSc1nc2ccccc2c(=O)n1-c1ccc(F)cc1. The fourth-order valence-corrected chi connectivity index (χ4v) is 4.89. The summed E-state index contributed by atoms with van der Waals surface area (Å²) in [5.41, 5.74) is 0.880. The van der Waals surface area contributed by atoms with E-state index in [9.17, 15) is 14.0 Å². The number of halogens is 1. The minimum Gasteiger partial charge on any atom is -0.339 e. The predicted octanol–water partition coefficient (Wildman–Crippen LogP) is 4.41. The number of hydrogen-bond acceptors (Lipinski definition) is 4. The van der Waals surface area contributed by atoms with Gasteiger partial charge in [0.05, 0.1) is 22.3 Å². The quantitative estimate of drug-likeness (QED) is 0.449. The van der Waals surface area contributed by atoms with E-state index >= 15 is 0 Å². The normalized spacial score (nSPS) is 16.7. The van der Waals surface area contributed by atoms with E-state index in [0.29, 0.717) is 21.7 Å². The van der Waals surface area contributed by atoms with Crippen molar-refractivity contribution in [3.63, 3.8) is 0 Å². The Hall–Kier alpha value is -2.67. The number of nitrogens with zero attached hydrogens (tertiary/aromatic N) is 3. The molecular weight excluding hydrogens is 401 g/mol. The van der Waals surface area contributed by atoms with Crippen molar-refractivity contribution in [2.75, 3.05) is 12.3 Å². The molecular formula is C23H24FN3O2S. The average molecular weight is 426 g/mol. The molecule has 30 heavy (non-hydrogen) atoms. The van der Waals surface area contributed by atoms with Crippen LogP contribution in [0.4, 0.5) is 4.39 Å². The summed E-state index contributed by atoms with van der Waals surface area (Å²) in [6.07, 6.45) is 4.18. The van der Waals surface area contributed by atoms with E-state index in [4.69, 9.17) is 0 Å². The van der Waals surface area contributed by atoms with Crippen LogP contribution in [0.2, 0.25) is 0 Å². The molecule has 1 saturated heterocycles. The first kappa shape index (κ1) is 20.6. The highest BCUT2D eigenvalue weighted by molar-refractivity contribution is 7.99. The van der Waals surface area contributed by atoms with Gasteiger partial charge in [0, 0.05) is 12.6 Å².